The van der Waals surface area contributed by atoms with Gasteiger partial charge in [0.2, 0.25) is 5.91 Å². The number of rotatable bonds is 3. The summed E-state index contributed by atoms with van der Waals surface area (Å²) < 4.78 is 5.40. The van der Waals surface area contributed by atoms with Crippen molar-refractivity contribution in [2.45, 2.75) is 44.7 Å². The van der Waals surface area contributed by atoms with Gasteiger partial charge in [-0.15, -0.1) is 0 Å². The number of nitrogens with one attached hydrogen (secondary N) is 1. The fraction of sp³-hybridized carbons (Fsp3) is 0.929. The molecule has 0 bridgehead atoms. The Bertz CT molecular complexity index is 296. The summed E-state index contributed by atoms with van der Waals surface area (Å²) in [6.07, 6.45) is 7.79. The van der Waals surface area contributed by atoms with Crippen LogP contribution in [-0.4, -0.2) is 43.3 Å². The smallest absolute Gasteiger partial charge is 0.237 e. The molecule has 4 nitrogen and oxygen atoms in total. The third-order valence-electron chi connectivity index (χ3n) is 4.76. The van der Waals surface area contributed by atoms with Crippen LogP contribution in [0.15, 0.2) is 0 Å². The fourth-order valence-corrected chi connectivity index (χ4v) is 3.68. The Balaban J connectivity index is 1.61. The van der Waals surface area contributed by atoms with E-state index in [4.69, 9.17) is 4.74 Å². The summed E-state index contributed by atoms with van der Waals surface area (Å²) in [5.41, 5.74) is 0. The zero-order chi connectivity index (χ0) is 12.4. The number of carbonyl (C=O) groups is 1. The van der Waals surface area contributed by atoms with E-state index in [2.05, 4.69) is 10.2 Å². The van der Waals surface area contributed by atoms with Crippen LogP contribution in [0.25, 0.3) is 0 Å². The van der Waals surface area contributed by atoms with Crippen LogP contribution < -0.4 is 5.32 Å². The maximum absolute atomic E-state index is 12.0. The quantitative estimate of drug-likeness (QED) is 0.824. The molecule has 18 heavy (non-hydrogen) atoms. The van der Waals surface area contributed by atoms with E-state index >= 15 is 0 Å². The second kappa shape index (κ2) is 5.57. The third kappa shape index (κ3) is 2.54. The second-order valence-corrected chi connectivity index (χ2v) is 5.97. The molecule has 3 aliphatic rings. The van der Waals surface area contributed by atoms with E-state index in [-0.39, 0.29) is 0 Å². The Morgan fingerprint density at radius 1 is 1.17 bits per heavy atom. The molecule has 102 valence electrons. The predicted molar refractivity (Wildman–Crippen MR) is 69.0 cm³/mol. The van der Waals surface area contributed by atoms with Crippen molar-refractivity contribution >= 4 is 5.91 Å². The summed E-state index contributed by atoms with van der Waals surface area (Å²) in [7, 11) is 0. The molecule has 0 aromatic rings. The number of amides is 1. The minimum Gasteiger partial charge on any atom is -0.381 e. The lowest BCUT2D eigenvalue weighted by atomic mass is 9.98. The molecule has 3 fully saturated rings. The Morgan fingerprint density at radius 3 is 2.61 bits per heavy atom. The predicted octanol–water partition coefficient (Wildman–Crippen LogP) is 1.36. The molecular formula is C14H24N2O2. The molecule has 1 aliphatic carbocycles. The molecule has 0 aromatic carbocycles. The summed E-state index contributed by atoms with van der Waals surface area (Å²) in [4.78, 5) is 14.2. The molecule has 2 aliphatic heterocycles. The van der Waals surface area contributed by atoms with E-state index in [1.807, 2.05) is 0 Å². The molecule has 1 saturated carbocycles. The van der Waals surface area contributed by atoms with Crippen LogP contribution in [0.3, 0.4) is 0 Å². The Morgan fingerprint density at radius 2 is 1.89 bits per heavy atom. The molecular weight excluding hydrogens is 228 g/mol. The molecule has 2 saturated heterocycles. The van der Waals surface area contributed by atoms with Crippen LogP contribution in [0.2, 0.25) is 0 Å². The van der Waals surface area contributed by atoms with Crippen molar-refractivity contribution in [1.29, 1.82) is 0 Å². The second-order valence-electron chi connectivity index (χ2n) is 5.97. The van der Waals surface area contributed by atoms with Crippen molar-refractivity contribution in [1.82, 2.24) is 10.2 Å². The first-order valence-electron chi connectivity index (χ1n) is 7.45. The summed E-state index contributed by atoms with van der Waals surface area (Å²) in [5.74, 6) is 1.64. The SMILES string of the molecule is O=C1CNC(C2CCCC2)N1CC1CCOCC1. The minimum absolute atomic E-state index is 0.304. The molecule has 1 atom stereocenters. The van der Waals surface area contributed by atoms with E-state index in [0.29, 0.717) is 30.5 Å². The van der Waals surface area contributed by atoms with Gasteiger partial charge in [0.25, 0.3) is 0 Å². The zero-order valence-corrected chi connectivity index (χ0v) is 11.1. The van der Waals surface area contributed by atoms with Crippen molar-refractivity contribution in [2.75, 3.05) is 26.3 Å². The first-order valence-corrected chi connectivity index (χ1v) is 7.45. The van der Waals surface area contributed by atoms with Gasteiger partial charge in [0, 0.05) is 19.8 Å². The topological polar surface area (TPSA) is 41.6 Å². The van der Waals surface area contributed by atoms with Crippen molar-refractivity contribution in [2.24, 2.45) is 11.8 Å². The maximum atomic E-state index is 12.0. The minimum atomic E-state index is 0.304. The molecule has 0 radical (unpaired) electrons. The summed E-state index contributed by atoms with van der Waals surface area (Å²) in [6.45, 7) is 3.23. The van der Waals surface area contributed by atoms with Crippen LogP contribution >= 0.6 is 0 Å². The Hall–Kier alpha value is -0.610. The van der Waals surface area contributed by atoms with Crippen LogP contribution in [0.5, 0.6) is 0 Å². The van der Waals surface area contributed by atoms with Crippen LogP contribution in [-0.2, 0) is 9.53 Å². The lowest BCUT2D eigenvalue weighted by molar-refractivity contribution is -0.129. The normalized spacial score (nSPS) is 31.4. The molecule has 1 amide bonds. The van der Waals surface area contributed by atoms with Crippen LogP contribution in [0, 0.1) is 11.8 Å². The summed E-state index contributed by atoms with van der Waals surface area (Å²) in [6, 6.07) is 0. The average Bonchev–Trinajstić information content (AvgIpc) is 3.02. The molecule has 1 N–H and O–H groups in total. The highest BCUT2D eigenvalue weighted by Crippen LogP contribution is 2.31. The molecule has 1 unspecified atom stereocenters. The van der Waals surface area contributed by atoms with Gasteiger partial charge in [-0.25, -0.2) is 0 Å². The highest BCUT2D eigenvalue weighted by molar-refractivity contribution is 5.80. The number of hydrogen-bond donors (Lipinski definition) is 1. The highest BCUT2D eigenvalue weighted by atomic mass is 16.5. The average molecular weight is 252 g/mol. The van der Waals surface area contributed by atoms with Crippen molar-refractivity contribution in [3.8, 4) is 0 Å². The lowest BCUT2D eigenvalue weighted by Gasteiger charge is -2.33. The number of carbonyl (C=O) groups excluding carboxylic acids is 1. The summed E-state index contributed by atoms with van der Waals surface area (Å²) in [5, 5.41) is 3.43. The summed E-state index contributed by atoms with van der Waals surface area (Å²) >= 11 is 0. The van der Waals surface area contributed by atoms with Crippen molar-refractivity contribution < 1.29 is 9.53 Å². The fourth-order valence-electron chi connectivity index (χ4n) is 3.68. The van der Waals surface area contributed by atoms with Gasteiger partial charge in [-0.1, -0.05) is 12.8 Å². The molecule has 0 spiro atoms. The number of hydrogen-bond acceptors (Lipinski definition) is 3. The van der Waals surface area contributed by atoms with Crippen LogP contribution in [0.1, 0.15) is 38.5 Å². The Kier molecular flexibility index (Phi) is 3.85. The molecule has 3 rings (SSSR count). The van der Waals surface area contributed by atoms with Gasteiger partial charge in [0.15, 0.2) is 0 Å². The largest absolute Gasteiger partial charge is 0.381 e. The van der Waals surface area contributed by atoms with Gasteiger partial charge < -0.3 is 9.64 Å². The van der Waals surface area contributed by atoms with Gasteiger partial charge in [-0.05, 0) is 37.5 Å². The van der Waals surface area contributed by atoms with Gasteiger partial charge in [0.1, 0.15) is 0 Å². The Labute approximate surface area is 109 Å². The first kappa shape index (κ1) is 12.4. The van der Waals surface area contributed by atoms with Crippen molar-refractivity contribution in [3.05, 3.63) is 0 Å². The van der Waals surface area contributed by atoms with Crippen molar-refractivity contribution in [3.63, 3.8) is 0 Å². The van der Waals surface area contributed by atoms with Gasteiger partial charge in [0.05, 0.1) is 12.7 Å². The monoisotopic (exact) mass is 252 g/mol. The zero-order valence-electron chi connectivity index (χ0n) is 11.1. The van der Waals surface area contributed by atoms with Gasteiger partial charge >= 0.3 is 0 Å². The lowest BCUT2D eigenvalue weighted by Crippen LogP contribution is -2.45. The van der Waals surface area contributed by atoms with E-state index in [9.17, 15) is 4.79 Å². The molecule has 2 heterocycles. The standard InChI is InChI=1S/C14H24N2O2/c17-13-9-15-14(12-3-1-2-4-12)16(13)10-11-5-7-18-8-6-11/h11-12,14-15H,1-10H2. The van der Waals surface area contributed by atoms with E-state index in [1.165, 1.54) is 25.7 Å². The van der Waals surface area contributed by atoms with E-state index in [1.54, 1.807) is 0 Å². The molecule has 0 aromatic heterocycles. The van der Waals surface area contributed by atoms with Crippen LogP contribution in [0.4, 0.5) is 0 Å². The maximum Gasteiger partial charge on any atom is 0.237 e. The van der Waals surface area contributed by atoms with Gasteiger partial charge in [-0.2, -0.15) is 0 Å². The first-order chi connectivity index (χ1) is 8.84. The van der Waals surface area contributed by atoms with Gasteiger partial charge in [-0.3, -0.25) is 10.1 Å². The van der Waals surface area contributed by atoms with E-state index in [0.717, 1.165) is 32.6 Å². The van der Waals surface area contributed by atoms with E-state index < -0.39 is 0 Å². The third-order valence-corrected chi connectivity index (χ3v) is 4.76. The number of ether oxygens (including phenoxy) is 1. The molecule has 4 heteroatoms. The number of nitrogens with zero attached hydrogens (tertiary/aromatic N) is 1. The highest BCUT2D eigenvalue weighted by Gasteiger charge is 2.38.